The molecule has 3 heteroatoms. The number of thiol groups is 1. The third-order valence-electron chi connectivity index (χ3n) is 4.13. The van der Waals surface area contributed by atoms with Gasteiger partial charge in [0.25, 0.3) is 0 Å². The molecule has 0 aromatic rings. The normalized spacial score (nSPS) is 32.1. The van der Waals surface area contributed by atoms with Crippen LogP contribution in [0.15, 0.2) is 0 Å². The molecule has 2 saturated carbocycles. The predicted molar refractivity (Wildman–Crippen MR) is 69.7 cm³/mol. The number of rotatable bonds is 4. The van der Waals surface area contributed by atoms with Crippen LogP contribution in [0.4, 0.5) is 0 Å². The van der Waals surface area contributed by atoms with Crippen molar-refractivity contribution in [3.05, 3.63) is 0 Å². The first-order chi connectivity index (χ1) is 7.63. The maximum atomic E-state index is 11.9. The van der Waals surface area contributed by atoms with Crippen molar-refractivity contribution in [1.82, 2.24) is 5.32 Å². The highest BCUT2D eigenvalue weighted by Gasteiger charge is 2.43. The van der Waals surface area contributed by atoms with Gasteiger partial charge < -0.3 is 5.32 Å². The molecule has 0 spiro atoms. The predicted octanol–water partition coefficient (Wildman–Crippen LogP) is 2.78. The van der Waals surface area contributed by atoms with Gasteiger partial charge in [0.15, 0.2) is 0 Å². The lowest BCUT2D eigenvalue weighted by Crippen LogP contribution is -2.39. The molecule has 1 amide bonds. The van der Waals surface area contributed by atoms with Gasteiger partial charge in [-0.1, -0.05) is 19.8 Å². The molecule has 2 unspecified atom stereocenters. The molecule has 0 radical (unpaired) electrons. The van der Waals surface area contributed by atoms with Crippen molar-refractivity contribution in [3.63, 3.8) is 0 Å². The van der Waals surface area contributed by atoms with E-state index in [1.54, 1.807) is 0 Å². The van der Waals surface area contributed by atoms with Crippen molar-refractivity contribution in [2.75, 3.05) is 5.75 Å². The zero-order valence-electron chi connectivity index (χ0n) is 10.2. The van der Waals surface area contributed by atoms with E-state index in [0.29, 0.717) is 12.5 Å². The third kappa shape index (κ3) is 3.16. The molecule has 16 heavy (non-hydrogen) atoms. The van der Waals surface area contributed by atoms with Crippen molar-refractivity contribution in [2.24, 2.45) is 11.3 Å². The number of carbonyl (C=O) groups is 1. The Kier molecular flexibility index (Phi) is 3.83. The largest absolute Gasteiger partial charge is 0.353 e. The van der Waals surface area contributed by atoms with Gasteiger partial charge in [-0.15, -0.1) is 0 Å². The van der Waals surface area contributed by atoms with Crippen LogP contribution >= 0.6 is 12.6 Å². The van der Waals surface area contributed by atoms with E-state index in [1.165, 1.54) is 38.5 Å². The molecule has 0 saturated heterocycles. The summed E-state index contributed by atoms with van der Waals surface area (Å²) in [6.07, 6.45) is 8.00. The van der Waals surface area contributed by atoms with Gasteiger partial charge in [0, 0.05) is 12.5 Å². The molecule has 2 rings (SSSR count). The summed E-state index contributed by atoms with van der Waals surface area (Å²) < 4.78 is 0. The molecule has 0 bridgehead atoms. The lowest BCUT2D eigenvalue weighted by atomic mass is 9.87. The van der Waals surface area contributed by atoms with Crippen molar-refractivity contribution >= 4 is 18.5 Å². The second-order valence-electron chi connectivity index (χ2n) is 5.87. The van der Waals surface area contributed by atoms with Gasteiger partial charge in [-0.05, 0) is 42.8 Å². The summed E-state index contributed by atoms with van der Waals surface area (Å²) >= 11 is 4.34. The summed E-state index contributed by atoms with van der Waals surface area (Å²) in [5, 5.41) is 3.21. The fraction of sp³-hybridized carbons (Fsp3) is 0.923. The zero-order chi connectivity index (χ0) is 11.6. The van der Waals surface area contributed by atoms with E-state index in [9.17, 15) is 4.79 Å². The second kappa shape index (κ2) is 4.99. The fourth-order valence-electron chi connectivity index (χ4n) is 2.75. The molecule has 1 N–H and O–H groups in total. The molecule has 2 aliphatic rings. The quantitative estimate of drug-likeness (QED) is 0.728. The highest BCUT2D eigenvalue weighted by molar-refractivity contribution is 7.80. The summed E-state index contributed by atoms with van der Waals surface area (Å²) in [5.41, 5.74) is 0.257. The number of hydrogen-bond donors (Lipinski definition) is 2. The minimum atomic E-state index is 0.255. The first-order valence-corrected chi connectivity index (χ1v) is 7.17. The molecular formula is C13H23NOS. The third-order valence-corrected chi connectivity index (χ3v) is 4.80. The Bertz CT molecular complexity index is 263. The monoisotopic (exact) mass is 241 g/mol. The fourth-order valence-corrected chi connectivity index (χ4v) is 3.18. The van der Waals surface area contributed by atoms with Crippen LogP contribution in [0, 0.1) is 11.3 Å². The van der Waals surface area contributed by atoms with Gasteiger partial charge in [-0.3, -0.25) is 4.79 Å². The van der Waals surface area contributed by atoms with E-state index >= 15 is 0 Å². The van der Waals surface area contributed by atoms with Crippen LogP contribution in [0.5, 0.6) is 0 Å². The van der Waals surface area contributed by atoms with Crippen molar-refractivity contribution in [1.29, 1.82) is 0 Å². The highest BCUT2D eigenvalue weighted by atomic mass is 32.1. The summed E-state index contributed by atoms with van der Waals surface area (Å²) in [4.78, 5) is 11.9. The van der Waals surface area contributed by atoms with Crippen LogP contribution < -0.4 is 5.32 Å². The van der Waals surface area contributed by atoms with Crippen LogP contribution in [0.1, 0.15) is 51.9 Å². The molecular weight excluding hydrogens is 218 g/mol. The van der Waals surface area contributed by atoms with Crippen molar-refractivity contribution in [2.45, 2.75) is 57.9 Å². The molecule has 0 aliphatic heterocycles. The molecule has 2 atom stereocenters. The average molecular weight is 241 g/mol. The number of hydrogen-bond acceptors (Lipinski definition) is 2. The number of amides is 1. The summed E-state index contributed by atoms with van der Waals surface area (Å²) in [7, 11) is 0. The molecule has 2 aliphatic carbocycles. The minimum absolute atomic E-state index is 0.255. The summed E-state index contributed by atoms with van der Waals surface area (Å²) in [5.74, 6) is 1.89. The Hall–Kier alpha value is -0.180. The van der Waals surface area contributed by atoms with E-state index in [4.69, 9.17) is 0 Å². The first kappa shape index (κ1) is 12.3. The lowest BCUT2D eigenvalue weighted by Gasteiger charge is -2.28. The van der Waals surface area contributed by atoms with Crippen LogP contribution in [0.25, 0.3) is 0 Å². The summed E-state index contributed by atoms with van der Waals surface area (Å²) in [6.45, 7) is 2.29. The van der Waals surface area contributed by atoms with E-state index < -0.39 is 0 Å². The van der Waals surface area contributed by atoms with Gasteiger partial charge in [-0.25, -0.2) is 0 Å². The average Bonchev–Trinajstić information content (AvgIpc) is 2.98. The molecule has 2 fully saturated rings. The zero-order valence-corrected chi connectivity index (χ0v) is 11.1. The van der Waals surface area contributed by atoms with Gasteiger partial charge >= 0.3 is 0 Å². The van der Waals surface area contributed by atoms with Gasteiger partial charge in [-0.2, -0.15) is 12.6 Å². The van der Waals surface area contributed by atoms with Crippen LogP contribution in [-0.4, -0.2) is 17.7 Å². The molecule has 0 aromatic heterocycles. The van der Waals surface area contributed by atoms with E-state index in [0.717, 1.165) is 11.7 Å². The van der Waals surface area contributed by atoms with Crippen molar-refractivity contribution in [3.8, 4) is 0 Å². The highest BCUT2D eigenvalue weighted by Crippen LogP contribution is 2.49. The maximum absolute atomic E-state index is 11.9. The molecule has 92 valence electrons. The number of nitrogens with one attached hydrogen (secondary N) is 1. The van der Waals surface area contributed by atoms with Gasteiger partial charge in [0.05, 0.1) is 0 Å². The Morgan fingerprint density at radius 1 is 1.44 bits per heavy atom. The van der Waals surface area contributed by atoms with Crippen molar-refractivity contribution < 1.29 is 4.79 Å². The minimum Gasteiger partial charge on any atom is -0.353 e. The van der Waals surface area contributed by atoms with Gasteiger partial charge in [0.1, 0.15) is 0 Å². The van der Waals surface area contributed by atoms with Crippen LogP contribution in [-0.2, 0) is 4.79 Å². The second-order valence-corrected chi connectivity index (χ2v) is 6.19. The Morgan fingerprint density at radius 2 is 2.19 bits per heavy atom. The maximum Gasteiger partial charge on any atom is 0.220 e. The lowest BCUT2D eigenvalue weighted by molar-refractivity contribution is -0.123. The van der Waals surface area contributed by atoms with Crippen LogP contribution in [0.2, 0.25) is 0 Å². The molecule has 0 heterocycles. The SMILES string of the molecule is CC1CCCC(NC(=O)CC2(CS)CC2)C1. The number of carbonyl (C=O) groups excluding carboxylic acids is 1. The Morgan fingerprint density at radius 3 is 2.75 bits per heavy atom. The van der Waals surface area contributed by atoms with Crippen LogP contribution in [0.3, 0.4) is 0 Å². The van der Waals surface area contributed by atoms with Gasteiger partial charge in [0.2, 0.25) is 5.91 Å². The Labute approximate surface area is 104 Å². The smallest absolute Gasteiger partial charge is 0.220 e. The molecule has 2 nitrogen and oxygen atoms in total. The first-order valence-electron chi connectivity index (χ1n) is 6.54. The topological polar surface area (TPSA) is 29.1 Å². The van der Waals surface area contributed by atoms with E-state index in [2.05, 4.69) is 24.9 Å². The van der Waals surface area contributed by atoms with E-state index in [-0.39, 0.29) is 11.3 Å². The molecule has 0 aromatic carbocycles. The standard InChI is InChI=1S/C13H23NOS/c1-10-3-2-4-11(7-10)14-12(15)8-13(9-16)5-6-13/h10-11,16H,2-9H2,1H3,(H,14,15). The Balaban J connectivity index is 1.74. The summed E-state index contributed by atoms with van der Waals surface area (Å²) in [6, 6.07) is 0.437. The van der Waals surface area contributed by atoms with E-state index in [1.807, 2.05) is 0 Å².